The molecule has 0 aliphatic rings. The predicted octanol–water partition coefficient (Wildman–Crippen LogP) is 1.20. The van der Waals surface area contributed by atoms with E-state index in [9.17, 15) is 4.79 Å². The molecule has 0 unspecified atom stereocenters. The Kier molecular flexibility index (Phi) is 3.60. The molecule has 0 spiro atoms. The molecule has 0 fully saturated rings. The Labute approximate surface area is 88.4 Å². The maximum atomic E-state index is 11.2. The summed E-state index contributed by atoms with van der Waals surface area (Å²) in [6.45, 7) is 5.24. The lowest BCUT2D eigenvalue weighted by Crippen LogP contribution is -2.27. The molecule has 0 saturated heterocycles. The number of hydrogen-bond acceptors (Lipinski definition) is 5. The zero-order chi connectivity index (χ0) is 11.3. The summed E-state index contributed by atoms with van der Waals surface area (Å²) in [5.74, 6) is -0.114. The number of hydrogen-bond donors (Lipinski definition) is 0. The Morgan fingerprint density at radius 1 is 1.47 bits per heavy atom. The van der Waals surface area contributed by atoms with Crippen molar-refractivity contribution in [2.45, 2.75) is 26.4 Å². The molecule has 0 radical (unpaired) electrons. The van der Waals surface area contributed by atoms with Crippen molar-refractivity contribution >= 4 is 5.97 Å². The molecule has 5 nitrogen and oxygen atoms in total. The van der Waals surface area contributed by atoms with E-state index in [-0.39, 0.29) is 6.61 Å². The fourth-order valence-corrected chi connectivity index (χ4v) is 0.868. The van der Waals surface area contributed by atoms with Gasteiger partial charge < -0.3 is 9.47 Å². The number of aromatic nitrogens is 2. The van der Waals surface area contributed by atoms with E-state index in [1.54, 1.807) is 32.9 Å². The third-order valence-electron chi connectivity index (χ3n) is 1.31. The van der Waals surface area contributed by atoms with Gasteiger partial charge in [-0.05, 0) is 26.8 Å². The second-order valence-electron chi connectivity index (χ2n) is 3.94. The molecule has 0 saturated carbocycles. The largest absolute Gasteiger partial charge is 0.465 e. The van der Waals surface area contributed by atoms with Gasteiger partial charge in [0.1, 0.15) is 5.60 Å². The van der Waals surface area contributed by atoms with Crippen LogP contribution in [-0.2, 0) is 9.53 Å². The van der Waals surface area contributed by atoms with Crippen molar-refractivity contribution in [3.8, 4) is 5.88 Å². The average Bonchev–Trinajstić information content (AvgIpc) is 2.14. The van der Waals surface area contributed by atoms with Gasteiger partial charge in [0.15, 0.2) is 6.61 Å². The number of esters is 1. The van der Waals surface area contributed by atoms with Crippen molar-refractivity contribution in [3.05, 3.63) is 18.3 Å². The third kappa shape index (κ3) is 4.95. The number of carbonyl (C=O) groups is 1. The minimum Gasteiger partial charge on any atom is -0.465 e. The first-order valence-electron chi connectivity index (χ1n) is 4.60. The number of rotatable bonds is 3. The molecule has 1 aromatic heterocycles. The molecule has 0 aliphatic heterocycles. The third-order valence-corrected chi connectivity index (χ3v) is 1.31. The summed E-state index contributed by atoms with van der Waals surface area (Å²) in [6.07, 6.45) is 1.53. The van der Waals surface area contributed by atoms with Gasteiger partial charge in [0.2, 0.25) is 5.88 Å². The smallest absolute Gasteiger partial charge is 0.344 e. The second-order valence-corrected chi connectivity index (χ2v) is 3.94. The van der Waals surface area contributed by atoms with Crippen LogP contribution in [0, 0.1) is 0 Å². The van der Waals surface area contributed by atoms with E-state index in [1.165, 1.54) is 6.20 Å². The van der Waals surface area contributed by atoms with Crippen LogP contribution in [0.15, 0.2) is 18.3 Å². The van der Waals surface area contributed by atoms with Gasteiger partial charge in [-0.15, -0.1) is 5.10 Å². The van der Waals surface area contributed by atoms with Crippen LogP contribution >= 0.6 is 0 Å². The van der Waals surface area contributed by atoms with Crippen LogP contribution in [0.2, 0.25) is 0 Å². The Hall–Kier alpha value is -1.65. The number of nitrogens with zero attached hydrogens (tertiary/aromatic N) is 2. The Bertz CT molecular complexity index is 319. The highest BCUT2D eigenvalue weighted by molar-refractivity contribution is 5.71. The van der Waals surface area contributed by atoms with Crippen LogP contribution < -0.4 is 4.74 Å². The van der Waals surface area contributed by atoms with Gasteiger partial charge in [-0.25, -0.2) is 4.79 Å². The molecular weight excluding hydrogens is 196 g/mol. The molecule has 1 aromatic rings. The lowest BCUT2D eigenvalue weighted by molar-refractivity contribution is -0.157. The molecule has 1 rings (SSSR count). The zero-order valence-electron chi connectivity index (χ0n) is 9.06. The van der Waals surface area contributed by atoms with Gasteiger partial charge in [-0.2, -0.15) is 5.10 Å². The molecule has 15 heavy (non-hydrogen) atoms. The van der Waals surface area contributed by atoms with Crippen LogP contribution in [0.4, 0.5) is 0 Å². The molecule has 0 aromatic carbocycles. The van der Waals surface area contributed by atoms with Crippen molar-refractivity contribution in [1.82, 2.24) is 10.2 Å². The average molecular weight is 210 g/mol. The van der Waals surface area contributed by atoms with Crippen LogP contribution in [-0.4, -0.2) is 28.4 Å². The first-order valence-corrected chi connectivity index (χ1v) is 4.60. The highest BCUT2D eigenvalue weighted by atomic mass is 16.6. The molecular formula is C10H14N2O3. The summed E-state index contributed by atoms with van der Waals surface area (Å²) in [4.78, 5) is 11.2. The van der Waals surface area contributed by atoms with Crippen molar-refractivity contribution in [3.63, 3.8) is 0 Å². The summed E-state index contributed by atoms with van der Waals surface area (Å²) in [5, 5.41) is 7.28. The maximum Gasteiger partial charge on any atom is 0.344 e. The second kappa shape index (κ2) is 4.72. The van der Waals surface area contributed by atoms with Crippen molar-refractivity contribution in [2.24, 2.45) is 0 Å². The van der Waals surface area contributed by atoms with E-state index >= 15 is 0 Å². The number of carbonyl (C=O) groups excluding carboxylic acids is 1. The van der Waals surface area contributed by atoms with Gasteiger partial charge in [-0.1, -0.05) is 0 Å². The normalized spacial score (nSPS) is 10.9. The van der Waals surface area contributed by atoms with E-state index in [0.29, 0.717) is 5.88 Å². The quantitative estimate of drug-likeness (QED) is 0.701. The summed E-state index contributed by atoms with van der Waals surface area (Å²) in [6, 6.07) is 3.30. The highest BCUT2D eigenvalue weighted by Crippen LogP contribution is 2.07. The molecule has 0 bridgehead atoms. The van der Waals surface area contributed by atoms with Crippen LogP contribution in [0.1, 0.15) is 20.8 Å². The van der Waals surface area contributed by atoms with Crippen LogP contribution in [0.5, 0.6) is 5.88 Å². The van der Waals surface area contributed by atoms with Gasteiger partial charge in [0.25, 0.3) is 0 Å². The zero-order valence-corrected chi connectivity index (χ0v) is 9.06. The van der Waals surface area contributed by atoms with E-state index in [4.69, 9.17) is 9.47 Å². The maximum absolute atomic E-state index is 11.2. The fourth-order valence-electron chi connectivity index (χ4n) is 0.868. The molecule has 0 amide bonds. The summed E-state index contributed by atoms with van der Waals surface area (Å²) in [5.41, 5.74) is -0.497. The van der Waals surface area contributed by atoms with Crippen LogP contribution in [0.3, 0.4) is 0 Å². The summed E-state index contributed by atoms with van der Waals surface area (Å²) in [7, 11) is 0. The standard InChI is InChI=1S/C10H14N2O3/c1-10(2,3)15-9(13)7-14-8-5-4-6-11-12-8/h4-6H,7H2,1-3H3. The highest BCUT2D eigenvalue weighted by Gasteiger charge is 2.16. The van der Waals surface area contributed by atoms with E-state index in [1.807, 2.05) is 0 Å². The monoisotopic (exact) mass is 210 g/mol. The summed E-state index contributed by atoms with van der Waals surface area (Å²) < 4.78 is 10.1. The van der Waals surface area contributed by atoms with E-state index < -0.39 is 11.6 Å². The van der Waals surface area contributed by atoms with Crippen molar-refractivity contribution < 1.29 is 14.3 Å². The Morgan fingerprint density at radius 3 is 2.73 bits per heavy atom. The van der Waals surface area contributed by atoms with E-state index in [2.05, 4.69) is 10.2 Å². The molecule has 82 valence electrons. The van der Waals surface area contributed by atoms with Gasteiger partial charge in [0.05, 0.1) is 0 Å². The number of ether oxygens (including phenoxy) is 2. The minimum absolute atomic E-state index is 0.157. The lowest BCUT2D eigenvalue weighted by atomic mass is 10.2. The van der Waals surface area contributed by atoms with Crippen LogP contribution in [0.25, 0.3) is 0 Å². The van der Waals surface area contributed by atoms with E-state index in [0.717, 1.165) is 0 Å². The topological polar surface area (TPSA) is 61.3 Å². The lowest BCUT2D eigenvalue weighted by Gasteiger charge is -2.19. The van der Waals surface area contributed by atoms with Gasteiger partial charge in [0, 0.05) is 12.3 Å². The first kappa shape index (κ1) is 11.4. The predicted molar refractivity (Wildman–Crippen MR) is 53.4 cm³/mol. The summed E-state index contributed by atoms with van der Waals surface area (Å²) >= 11 is 0. The Balaban J connectivity index is 2.35. The SMILES string of the molecule is CC(C)(C)OC(=O)COc1cccnn1. The molecule has 0 atom stereocenters. The fraction of sp³-hybridized carbons (Fsp3) is 0.500. The van der Waals surface area contributed by atoms with Gasteiger partial charge in [-0.3, -0.25) is 0 Å². The van der Waals surface area contributed by atoms with Gasteiger partial charge >= 0.3 is 5.97 Å². The molecule has 1 heterocycles. The molecule has 0 N–H and O–H groups in total. The molecule has 5 heteroatoms. The van der Waals surface area contributed by atoms with Crippen molar-refractivity contribution in [1.29, 1.82) is 0 Å². The minimum atomic E-state index is -0.497. The molecule has 0 aliphatic carbocycles. The first-order chi connectivity index (χ1) is 6.97. The van der Waals surface area contributed by atoms with Crippen molar-refractivity contribution in [2.75, 3.05) is 6.61 Å². The Morgan fingerprint density at radius 2 is 2.20 bits per heavy atom.